The molecule has 0 N–H and O–H groups in total. The van der Waals surface area contributed by atoms with Gasteiger partial charge in [0.05, 0.1) is 5.57 Å². The first-order valence-corrected chi connectivity index (χ1v) is 9.46. The van der Waals surface area contributed by atoms with E-state index in [1.807, 2.05) is 66.7 Å². The van der Waals surface area contributed by atoms with Gasteiger partial charge in [-0.15, -0.1) is 0 Å². The predicted octanol–water partition coefficient (Wildman–Crippen LogP) is 4.40. The van der Waals surface area contributed by atoms with Crippen LogP contribution in [0.3, 0.4) is 0 Å². The lowest BCUT2D eigenvalue weighted by Gasteiger charge is -2.35. The van der Waals surface area contributed by atoms with E-state index < -0.39 is 0 Å². The molecule has 2 heterocycles. The molecule has 2 unspecified atom stereocenters. The summed E-state index contributed by atoms with van der Waals surface area (Å²) >= 11 is 0. The maximum Gasteiger partial charge on any atom is 0.339 e. The van der Waals surface area contributed by atoms with Crippen LogP contribution in [0.1, 0.15) is 36.8 Å². The number of rotatable bonds is 4. The van der Waals surface area contributed by atoms with Crippen molar-refractivity contribution in [2.75, 3.05) is 7.05 Å². The maximum atomic E-state index is 13.0. The molecule has 2 aliphatic rings. The summed E-state index contributed by atoms with van der Waals surface area (Å²) in [5.74, 6) is -0.214. The fourth-order valence-corrected chi connectivity index (χ4v) is 4.27. The minimum Gasteiger partial charge on any atom is -0.459 e. The average Bonchev–Trinajstić information content (AvgIpc) is 2.88. The number of ether oxygens (including phenoxy) is 1. The van der Waals surface area contributed by atoms with Crippen molar-refractivity contribution in [3.05, 3.63) is 71.8 Å². The minimum atomic E-state index is -0.214. The monoisotopic (exact) mass is 347 g/mol. The first-order valence-electron chi connectivity index (χ1n) is 9.46. The van der Waals surface area contributed by atoms with Gasteiger partial charge in [0.15, 0.2) is 0 Å². The predicted molar refractivity (Wildman–Crippen MR) is 104 cm³/mol. The number of benzene rings is 2. The number of hydrogen-bond donors (Lipinski definition) is 0. The second-order valence-electron chi connectivity index (χ2n) is 7.38. The van der Waals surface area contributed by atoms with Gasteiger partial charge in [-0.05, 0) is 37.1 Å². The molecule has 0 spiro atoms. The Morgan fingerprint density at radius 3 is 2.15 bits per heavy atom. The van der Waals surface area contributed by atoms with E-state index in [1.165, 1.54) is 12.8 Å². The van der Waals surface area contributed by atoms with Crippen molar-refractivity contribution < 1.29 is 9.53 Å². The van der Waals surface area contributed by atoms with Crippen molar-refractivity contribution >= 4 is 17.6 Å². The highest BCUT2D eigenvalue weighted by Crippen LogP contribution is 2.36. The molecule has 2 aromatic rings. The first-order chi connectivity index (χ1) is 12.7. The highest BCUT2D eigenvalue weighted by atomic mass is 16.5. The molecule has 3 nitrogen and oxygen atoms in total. The number of fused-ring (bicyclic) bond motifs is 2. The Kier molecular flexibility index (Phi) is 4.89. The lowest BCUT2D eigenvalue weighted by molar-refractivity contribution is -0.144. The normalized spacial score (nSPS) is 25.9. The molecule has 3 heteroatoms. The molecular formula is C23H25NO2. The van der Waals surface area contributed by atoms with Crippen LogP contribution in [-0.4, -0.2) is 36.1 Å². The van der Waals surface area contributed by atoms with Crippen LogP contribution in [0.5, 0.6) is 0 Å². The Hall–Kier alpha value is -2.39. The van der Waals surface area contributed by atoms with Gasteiger partial charge in [0, 0.05) is 24.9 Å². The summed E-state index contributed by atoms with van der Waals surface area (Å²) in [6.07, 6.45) is 6.31. The smallest absolute Gasteiger partial charge is 0.339 e. The molecule has 2 aromatic carbocycles. The molecule has 0 aromatic heterocycles. The van der Waals surface area contributed by atoms with Gasteiger partial charge < -0.3 is 9.64 Å². The number of piperidine rings is 1. The molecular weight excluding hydrogens is 322 g/mol. The van der Waals surface area contributed by atoms with E-state index in [0.29, 0.717) is 17.7 Å². The van der Waals surface area contributed by atoms with Gasteiger partial charge in [-0.25, -0.2) is 4.79 Å². The molecule has 0 amide bonds. The number of hydrogen-bond acceptors (Lipinski definition) is 3. The third-order valence-electron chi connectivity index (χ3n) is 5.74. The number of carbonyl (C=O) groups is 1. The molecule has 2 fully saturated rings. The van der Waals surface area contributed by atoms with Gasteiger partial charge >= 0.3 is 5.97 Å². The van der Waals surface area contributed by atoms with E-state index >= 15 is 0 Å². The Bertz CT molecular complexity index is 770. The van der Waals surface area contributed by atoms with E-state index in [-0.39, 0.29) is 12.1 Å². The molecule has 134 valence electrons. The van der Waals surface area contributed by atoms with Crippen LogP contribution in [0.2, 0.25) is 0 Å². The van der Waals surface area contributed by atoms with Crippen LogP contribution in [0.15, 0.2) is 60.7 Å². The number of esters is 1. The zero-order chi connectivity index (χ0) is 17.9. The average molecular weight is 347 g/mol. The molecule has 2 saturated heterocycles. The van der Waals surface area contributed by atoms with Crippen molar-refractivity contribution in [2.45, 2.75) is 43.9 Å². The van der Waals surface area contributed by atoms with E-state index in [1.54, 1.807) is 0 Å². The lowest BCUT2D eigenvalue weighted by atomic mass is 9.99. The van der Waals surface area contributed by atoms with Crippen molar-refractivity contribution in [2.24, 2.45) is 0 Å². The van der Waals surface area contributed by atoms with Crippen molar-refractivity contribution in [1.29, 1.82) is 0 Å². The maximum absolute atomic E-state index is 13.0. The fraction of sp³-hybridized carbons (Fsp3) is 0.348. The van der Waals surface area contributed by atoms with E-state index in [4.69, 9.17) is 4.74 Å². The third kappa shape index (κ3) is 3.58. The zero-order valence-electron chi connectivity index (χ0n) is 15.2. The summed E-state index contributed by atoms with van der Waals surface area (Å²) in [5.41, 5.74) is 2.53. The van der Waals surface area contributed by atoms with E-state index in [0.717, 1.165) is 24.0 Å². The summed E-state index contributed by atoms with van der Waals surface area (Å²) in [7, 11) is 2.20. The van der Waals surface area contributed by atoms with Crippen LogP contribution < -0.4 is 0 Å². The molecule has 0 radical (unpaired) electrons. The van der Waals surface area contributed by atoms with Crippen LogP contribution in [0.4, 0.5) is 0 Å². The third-order valence-corrected chi connectivity index (χ3v) is 5.74. The second kappa shape index (κ2) is 7.46. The Labute approximate surface area is 155 Å². The van der Waals surface area contributed by atoms with E-state index in [2.05, 4.69) is 11.9 Å². The Morgan fingerprint density at radius 2 is 1.54 bits per heavy atom. The number of carbonyl (C=O) groups excluding carboxylic acids is 1. The van der Waals surface area contributed by atoms with Crippen LogP contribution in [0.25, 0.3) is 11.6 Å². The summed E-state index contributed by atoms with van der Waals surface area (Å²) in [5, 5.41) is 0. The molecule has 0 aliphatic carbocycles. The molecule has 2 aliphatic heterocycles. The molecule has 2 bridgehead atoms. The Morgan fingerprint density at radius 1 is 0.962 bits per heavy atom. The van der Waals surface area contributed by atoms with Crippen molar-refractivity contribution in [1.82, 2.24) is 4.90 Å². The topological polar surface area (TPSA) is 29.5 Å². The summed E-state index contributed by atoms with van der Waals surface area (Å²) in [4.78, 5) is 15.5. The van der Waals surface area contributed by atoms with Gasteiger partial charge in [-0.2, -0.15) is 0 Å². The summed E-state index contributed by atoms with van der Waals surface area (Å²) in [6.45, 7) is 0. The van der Waals surface area contributed by atoms with Gasteiger partial charge in [0.1, 0.15) is 6.10 Å². The molecule has 26 heavy (non-hydrogen) atoms. The van der Waals surface area contributed by atoms with Crippen LogP contribution in [-0.2, 0) is 9.53 Å². The largest absolute Gasteiger partial charge is 0.459 e. The standard InChI is InChI=1S/C23H25NO2/c1-24-19-12-13-20(24)16-21(15-19)26-23(25)22(18-10-6-3-7-11-18)14-17-8-4-2-5-9-17/h2-11,14,19-21H,12-13,15-16H2,1H3/b22-14-. The molecule has 0 saturated carbocycles. The van der Waals surface area contributed by atoms with Gasteiger partial charge in [0.2, 0.25) is 0 Å². The van der Waals surface area contributed by atoms with E-state index in [9.17, 15) is 4.79 Å². The van der Waals surface area contributed by atoms with Gasteiger partial charge in [-0.3, -0.25) is 0 Å². The number of nitrogens with zero attached hydrogens (tertiary/aromatic N) is 1. The SMILES string of the molecule is CN1C2CCC1CC(OC(=O)/C(=C\c1ccccc1)c1ccccc1)C2. The molecule has 2 atom stereocenters. The highest BCUT2D eigenvalue weighted by Gasteiger charge is 2.40. The molecule has 4 rings (SSSR count). The summed E-state index contributed by atoms with van der Waals surface area (Å²) < 4.78 is 5.98. The highest BCUT2D eigenvalue weighted by molar-refractivity contribution is 6.21. The minimum absolute atomic E-state index is 0.0269. The lowest BCUT2D eigenvalue weighted by Crippen LogP contribution is -2.43. The van der Waals surface area contributed by atoms with Crippen molar-refractivity contribution in [3.8, 4) is 0 Å². The quantitative estimate of drug-likeness (QED) is 0.466. The Balaban J connectivity index is 1.56. The summed E-state index contributed by atoms with van der Waals surface area (Å²) in [6, 6.07) is 20.9. The first kappa shape index (κ1) is 17.0. The van der Waals surface area contributed by atoms with Crippen molar-refractivity contribution in [3.63, 3.8) is 0 Å². The van der Waals surface area contributed by atoms with Gasteiger partial charge in [0.25, 0.3) is 0 Å². The van der Waals surface area contributed by atoms with Gasteiger partial charge in [-0.1, -0.05) is 60.7 Å². The zero-order valence-corrected chi connectivity index (χ0v) is 15.2. The van der Waals surface area contributed by atoms with Crippen LogP contribution >= 0.6 is 0 Å². The second-order valence-corrected chi connectivity index (χ2v) is 7.38. The fourth-order valence-electron chi connectivity index (χ4n) is 4.27. The van der Waals surface area contributed by atoms with Crippen LogP contribution in [0, 0.1) is 0 Å².